The molecule has 2 atom stereocenters. The van der Waals surface area contributed by atoms with E-state index in [0.29, 0.717) is 17.7 Å². The van der Waals surface area contributed by atoms with E-state index < -0.39 is 0 Å². The summed E-state index contributed by atoms with van der Waals surface area (Å²) in [6, 6.07) is 11.4. The fraction of sp³-hybridized carbons (Fsp3) is 0.562. The summed E-state index contributed by atoms with van der Waals surface area (Å²) < 4.78 is 0. The van der Waals surface area contributed by atoms with E-state index in [2.05, 4.69) is 35.2 Å². The topological polar surface area (TPSA) is 20.3 Å². The second kappa shape index (κ2) is 5.23. The highest BCUT2D eigenvalue weighted by atomic mass is 16.1. The van der Waals surface area contributed by atoms with E-state index in [-0.39, 0.29) is 0 Å². The first kappa shape index (κ1) is 11.9. The Morgan fingerprint density at radius 1 is 1.17 bits per heavy atom. The molecule has 1 aromatic carbocycles. The second-order valence-corrected chi connectivity index (χ2v) is 5.71. The second-order valence-electron chi connectivity index (χ2n) is 5.71. The van der Waals surface area contributed by atoms with Gasteiger partial charge in [-0.25, -0.2) is 0 Å². The number of carbonyl (C=O) groups excluding carboxylic acids is 1. The van der Waals surface area contributed by atoms with Crippen LogP contribution < -0.4 is 0 Å². The van der Waals surface area contributed by atoms with E-state index in [1.54, 1.807) is 0 Å². The Bertz CT molecular complexity index is 414. The van der Waals surface area contributed by atoms with Gasteiger partial charge in [0, 0.05) is 25.4 Å². The van der Waals surface area contributed by atoms with Crippen LogP contribution in [-0.2, 0) is 11.3 Å². The van der Waals surface area contributed by atoms with Crippen molar-refractivity contribution < 1.29 is 4.79 Å². The molecule has 96 valence electrons. The molecule has 2 nitrogen and oxygen atoms in total. The Balaban J connectivity index is 1.70. The molecule has 0 N–H and O–H groups in total. The van der Waals surface area contributed by atoms with Crippen molar-refractivity contribution in [1.29, 1.82) is 0 Å². The third-order valence-corrected chi connectivity index (χ3v) is 4.47. The van der Waals surface area contributed by atoms with Crippen LogP contribution in [0.5, 0.6) is 0 Å². The van der Waals surface area contributed by atoms with Crippen molar-refractivity contribution in [2.45, 2.75) is 44.7 Å². The van der Waals surface area contributed by atoms with Crippen LogP contribution in [0.3, 0.4) is 0 Å². The summed E-state index contributed by atoms with van der Waals surface area (Å²) in [4.78, 5) is 14.2. The van der Waals surface area contributed by atoms with E-state index in [1.807, 2.05) is 0 Å². The van der Waals surface area contributed by atoms with Gasteiger partial charge in [-0.1, -0.05) is 30.3 Å². The first-order valence-electron chi connectivity index (χ1n) is 7.12. The molecule has 0 radical (unpaired) electrons. The standard InChI is InChI=1S/C16H21NO/c18-15-8-9-16-14(11-15)7-4-10-17(16)12-13-5-2-1-3-6-13/h1-3,5-6,14,16H,4,7-12H2/t14-,16-/m0/s1. The van der Waals surface area contributed by atoms with Gasteiger partial charge in [0.1, 0.15) is 5.78 Å². The Morgan fingerprint density at radius 3 is 2.83 bits per heavy atom. The predicted octanol–water partition coefficient (Wildman–Crippen LogP) is 3.02. The number of piperidine rings is 1. The molecule has 18 heavy (non-hydrogen) atoms. The van der Waals surface area contributed by atoms with E-state index in [4.69, 9.17) is 0 Å². The Hall–Kier alpha value is -1.15. The molecule has 1 saturated heterocycles. The van der Waals surface area contributed by atoms with E-state index in [1.165, 1.54) is 24.9 Å². The number of hydrogen-bond donors (Lipinski definition) is 0. The van der Waals surface area contributed by atoms with Crippen LogP contribution in [0.15, 0.2) is 30.3 Å². The number of hydrogen-bond acceptors (Lipinski definition) is 2. The maximum absolute atomic E-state index is 11.6. The van der Waals surface area contributed by atoms with Crippen molar-refractivity contribution >= 4 is 5.78 Å². The maximum atomic E-state index is 11.6. The summed E-state index contributed by atoms with van der Waals surface area (Å²) in [5.74, 6) is 1.11. The molecule has 2 fully saturated rings. The molecular formula is C16H21NO. The van der Waals surface area contributed by atoms with Crippen LogP contribution in [0.25, 0.3) is 0 Å². The highest BCUT2D eigenvalue weighted by Gasteiger charge is 2.35. The Morgan fingerprint density at radius 2 is 2.00 bits per heavy atom. The van der Waals surface area contributed by atoms with Gasteiger partial charge >= 0.3 is 0 Å². The Labute approximate surface area is 109 Å². The monoisotopic (exact) mass is 243 g/mol. The lowest BCUT2D eigenvalue weighted by Gasteiger charge is -2.43. The van der Waals surface area contributed by atoms with Crippen molar-refractivity contribution in [2.24, 2.45) is 5.92 Å². The summed E-state index contributed by atoms with van der Waals surface area (Å²) in [5, 5.41) is 0. The molecule has 0 bridgehead atoms. The molecule has 1 aliphatic heterocycles. The molecule has 0 amide bonds. The number of rotatable bonds is 2. The molecule has 0 unspecified atom stereocenters. The Kier molecular flexibility index (Phi) is 3.46. The van der Waals surface area contributed by atoms with Crippen LogP contribution >= 0.6 is 0 Å². The molecule has 1 heterocycles. The first-order valence-corrected chi connectivity index (χ1v) is 7.12. The van der Waals surface area contributed by atoms with Gasteiger partial charge in [-0.3, -0.25) is 9.69 Å². The smallest absolute Gasteiger partial charge is 0.133 e. The zero-order valence-corrected chi connectivity index (χ0v) is 10.8. The van der Waals surface area contributed by atoms with Crippen LogP contribution in [-0.4, -0.2) is 23.3 Å². The number of nitrogens with zero attached hydrogens (tertiary/aromatic N) is 1. The number of benzene rings is 1. The lowest BCUT2D eigenvalue weighted by atomic mass is 9.77. The fourth-order valence-corrected chi connectivity index (χ4v) is 3.59. The van der Waals surface area contributed by atoms with Gasteiger partial charge in [-0.2, -0.15) is 0 Å². The van der Waals surface area contributed by atoms with Crippen molar-refractivity contribution in [2.75, 3.05) is 6.54 Å². The van der Waals surface area contributed by atoms with Gasteiger partial charge in [0.2, 0.25) is 0 Å². The quantitative estimate of drug-likeness (QED) is 0.796. The van der Waals surface area contributed by atoms with E-state index in [0.717, 1.165) is 25.8 Å². The average Bonchev–Trinajstić information content (AvgIpc) is 2.40. The number of fused-ring (bicyclic) bond motifs is 1. The van der Waals surface area contributed by atoms with Crippen LogP contribution in [0, 0.1) is 5.92 Å². The van der Waals surface area contributed by atoms with Gasteiger partial charge in [0.15, 0.2) is 0 Å². The minimum absolute atomic E-state index is 0.484. The third kappa shape index (κ3) is 2.49. The molecule has 3 rings (SSSR count). The van der Waals surface area contributed by atoms with Gasteiger partial charge in [-0.15, -0.1) is 0 Å². The fourth-order valence-electron chi connectivity index (χ4n) is 3.59. The molecule has 2 aliphatic rings. The summed E-state index contributed by atoms with van der Waals surface area (Å²) >= 11 is 0. The van der Waals surface area contributed by atoms with Crippen molar-refractivity contribution in [1.82, 2.24) is 4.90 Å². The summed E-state index contributed by atoms with van der Waals surface area (Å²) in [7, 11) is 0. The van der Waals surface area contributed by atoms with Crippen LogP contribution in [0.2, 0.25) is 0 Å². The average molecular weight is 243 g/mol. The van der Waals surface area contributed by atoms with Crippen molar-refractivity contribution in [3.05, 3.63) is 35.9 Å². The van der Waals surface area contributed by atoms with E-state index in [9.17, 15) is 4.79 Å². The number of likely N-dealkylation sites (tertiary alicyclic amines) is 1. The maximum Gasteiger partial charge on any atom is 0.133 e. The zero-order valence-electron chi connectivity index (χ0n) is 10.8. The normalized spacial score (nSPS) is 29.0. The molecule has 2 heteroatoms. The minimum atomic E-state index is 0.484. The molecular weight excluding hydrogens is 222 g/mol. The summed E-state index contributed by atoms with van der Waals surface area (Å²) in [5.41, 5.74) is 1.40. The lowest BCUT2D eigenvalue weighted by molar-refractivity contribution is -0.124. The predicted molar refractivity (Wildman–Crippen MR) is 72.2 cm³/mol. The van der Waals surface area contributed by atoms with Gasteiger partial charge in [0.05, 0.1) is 0 Å². The van der Waals surface area contributed by atoms with Gasteiger partial charge in [-0.05, 0) is 37.3 Å². The zero-order chi connectivity index (χ0) is 12.4. The molecule has 1 saturated carbocycles. The van der Waals surface area contributed by atoms with Gasteiger partial charge in [0.25, 0.3) is 0 Å². The van der Waals surface area contributed by atoms with E-state index >= 15 is 0 Å². The summed E-state index contributed by atoms with van der Waals surface area (Å²) in [6.45, 7) is 2.25. The highest BCUT2D eigenvalue weighted by Crippen LogP contribution is 2.34. The third-order valence-electron chi connectivity index (χ3n) is 4.47. The molecule has 0 spiro atoms. The van der Waals surface area contributed by atoms with Crippen LogP contribution in [0.4, 0.5) is 0 Å². The molecule has 1 aliphatic carbocycles. The molecule has 0 aromatic heterocycles. The largest absolute Gasteiger partial charge is 0.300 e. The minimum Gasteiger partial charge on any atom is -0.300 e. The summed E-state index contributed by atoms with van der Waals surface area (Å²) in [6.07, 6.45) is 5.21. The van der Waals surface area contributed by atoms with Crippen LogP contribution in [0.1, 0.15) is 37.7 Å². The van der Waals surface area contributed by atoms with Crippen molar-refractivity contribution in [3.8, 4) is 0 Å². The molecule has 1 aromatic rings. The SMILES string of the molecule is O=C1CC[C@H]2[C@@H](CCCN2Cc2ccccc2)C1. The van der Waals surface area contributed by atoms with Gasteiger partial charge < -0.3 is 0 Å². The first-order chi connectivity index (χ1) is 8.83. The number of Topliss-reactive ketones (excluding diaryl/α,β-unsaturated/α-hetero) is 1. The highest BCUT2D eigenvalue weighted by molar-refractivity contribution is 5.79. The lowest BCUT2D eigenvalue weighted by Crippen LogP contribution is -2.47. The number of carbonyl (C=O) groups is 1. The number of ketones is 1. The van der Waals surface area contributed by atoms with Crippen molar-refractivity contribution in [3.63, 3.8) is 0 Å².